The Morgan fingerprint density at radius 3 is 3.05 bits per heavy atom. The summed E-state index contributed by atoms with van der Waals surface area (Å²) < 4.78 is 7.42. The Balaban J connectivity index is 1.79. The predicted molar refractivity (Wildman–Crippen MR) is 80.9 cm³/mol. The van der Waals surface area contributed by atoms with Crippen molar-refractivity contribution in [1.29, 1.82) is 0 Å². The molecular formula is C16H22N4O. The molecule has 1 aliphatic heterocycles. The van der Waals surface area contributed by atoms with E-state index in [0.29, 0.717) is 5.92 Å². The summed E-state index contributed by atoms with van der Waals surface area (Å²) in [5.41, 5.74) is 3.79. The van der Waals surface area contributed by atoms with Crippen LogP contribution in [0, 0.1) is 0 Å². The van der Waals surface area contributed by atoms with E-state index < -0.39 is 0 Å². The number of pyridine rings is 1. The highest BCUT2D eigenvalue weighted by Crippen LogP contribution is 2.28. The molecule has 3 heterocycles. The van der Waals surface area contributed by atoms with Crippen LogP contribution in [0.5, 0.6) is 0 Å². The Morgan fingerprint density at radius 1 is 1.43 bits per heavy atom. The summed E-state index contributed by atoms with van der Waals surface area (Å²) in [5.74, 6) is 0.350. The van der Waals surface area contributed by atoms with Crippen molar-refractivity contribution in [3.8, 4) is 0 Å². The molecule has 0 amide bonds. The van der Waals surface area contributed by atoms with Crippen molar-refractivity contribution in [3.63, 3.8) is 0 Å². The fourth-order valence-electron chi connectivity index (χ4n) is 3.01. The number of rotatable bonds is 5. The summed E-state index contributed by atoms with van der Waals surface area (Å²) >= 11 is 0. The number of fused-ring (bicyclic) bond motifs is 1. The van der Waals surface area contributed by atoms with E-state index in [4.69, 9.17) is 9.84 Å². The Labute approximate surface area is 125 Å². The molecule has 0 N–H and O–H groups in total. The topological polar surface area (TPSA) is 43.2 Å². The number of hydrogen-bond acceptors (Lipinski definition) is 4. The first-order chi connectivity index (χ1) is 10.3. The summed E-state index contributed by atoms with van der Waals surface area (Å²) in [6.45, 7) is 6.61. The van der Waals surface area contributed by atoms with Crippen LogP contribution in [-0.4, -0.2) is 39.9 Å². The van der Waals surface area contributed by atoms with E-state index >= 15 is 0 Å². The molecule has 112 valence electrons. The van der Waals surface area contributed by atoms with Crippen LogP contribution in [-0.2, 0) is 24.4 Å². The van der Waals surface area contributed by atoms with Crippen molar-refractivity contribution in [1.82, 2.24) is 19.7 Å². The zero-order chi connectivity index (χ0) is 14.7. The van der Waals surface area contributed by atoms with Crippen molar-refractivity contribution in [2.45, 2.75) is 32.5 Å². The third-order valence-corrected chi connectivity index (χ3v) is 3.95. The summed E-state index contributed by atoms with van der Waals surface area (Å²) in [7, 11) is 1.76. The average molecular weight is 286 g/mol. The molecule has 0 saturated carbocycles. The molecule has 1 atom stereocenters. The first-order valence-electron chi connectivity index (χ1n) is 7.46. The molecule has 0 spiro atoms. The van der Waals surface area contributed by atoms with Gasteiger partial charge < -0.3 is 4.74 Å². The smallest absolute Gasteiger partial charge is 0.0736 e. The molecular weight excluding hydrogens is 264 g/mol. The van der Waals surface area contributed by atoms with Crippen molar-refractivity contribution in [2.24, 2.45) is 0 Å². The van der Waals surface area contributed by atoms with Crippen LogP contribution in [0.25, 0.3) is 0 Å². The van der Waals surface area contributed by atoms with Gasteiger partial charge in [-0.1, -0.05) is 6.07 Å². The molecule has 0 saturated heterocycles. The molecule has 3 rings (SSSR count). The van der Waals surface area contributed by atoms with Gasteiger partial charge in [0.25, 0.3) is 0 Å². The number of methoxy groups -OCH3 is 1. The van der Waals surface area contributed by atoms with Gasteiger partial charge in [-0.05, 0) is 18.6 Å². The molecule has 5 heteroatoms. The second kappa shape index (κ2) is 6.37. The largest absolute Gasteiger partial charge is 0.384 e. The Bertz CT molecular complexity index is 581. The molecule has 21 heavy (non-hydrogen) atoms. The van der Waals surface area contributed by atoms with Gasteiger partial charge in [-0.15, -0.1) is 0 Å². The van der Waals surface area contributed by atoms with Crippen LogP contribution < -0.4 is 0 Å². The van der Waals surface area contributed by atoms with Gasteiger partial charge in [-0.2, -0.15) is 5.10 Å². The number of aryl methyl sites for hydroxylation is 1. The van der Waals surface area contributed by atoms with E-state index in [1.165, 1.54) is 16.8 Å². The molecule has 5 nitrogen and oxygen atoms in total. The Hall–Kier alpha value is -1.72. The third-order valence-electron chi connectivity index (χ3n) is 3.95. The molecule has 0 bridgehead atoms. The summed E-state index contributed by atoms with van der Waals surface area (Å²) in [6.07, 6.45) is 5.93. The van der Waals surface area contributed by atoms with Gasteiger partial charge in [-0.3, -0.25) is 14.6 Å². The van der Waals surface area contributed by atoms with Gasteiger partial charge in [0.05, 0.1) is 12.3 Å². The molecule has 0 fully saturated rings. The van der Waals surface area contributed by atoms with E-state index in [2.05, 4.69) is 29.1 Å². The fraction of sp³-hybridized carbons (Fsp3) is 0.500. The lowest BCUT2D eigenvalue weighted by molar-refractivity contribution is 0.134. The predicted octanol–water partition coefficient (Wildman–Crippen LogP) is 2.04. The monoisotopic (exact) mass is 286 g/mol. The van der Waals surface area contributed by atoms with Gasteiger partial charge in [0.15, 0.2) is 0 Å². The van der Waals surface area contributed by atoms with Gasteiger partial charge >= 0.3 is 0 Å². The summed E-state index contributed by atoms with van der Waals surface area (Å²) in [4.78, 5) is 6.65. The minimum absolute atomic E-state index is 0.350. The molecule has 1 aliphatic rings. The van der Waals surface area contributed by atoms with Crippen molar-refractivity contribution in [3.05, 3.63) is 47.5 Å². The average Bonchev–Trinajstić information content (AvgIpc) is 2.92. The van der Waals surface area contributed by atoms with Gasteiger partial charge in [0.1, 0.15) is 0 Å². The van der Waals surface area contributed by atoms with Gasteiger partial charge in [0.2, 0.25) is 0 Å². The first kappa shape index (κ1) is 14.2. The molecule has 0 aromatic carbocycles. The van der Waals surface area contributed by atoms with E-state index in [0.717, 1.165) is 32.8 Å². The second-order valence-corrected chi connectivity index (χ2v) is 5.58. The highest BCUT2D eigenvalue weighted by Gasteiger charge is 2.28. The van der Waals surface area contributed by atoms with Crippen LogP contribution in [0.1, 0.15) is 29.7 Å². The highest BCUT2D eigenvalue weighted by atomic mass is 16.5. The minimum Gasteiger partial charge on any atom is -0.384 e. The van der Waals surface area contributed by atoms with Crippen molar-refractivity contribution >= 4 is 0 Å². The van der Waals surface area contributed by atoms with E-state index in [-0.39, 0.29) is 0 Å². The lowest BCUT2D eigenvalue weighted by Crippen LogP contribution is -2.34. The van der Waals surface area contributed by atoms with E-state index in [1.54, 1.807) is 7.11 Å². The lowest BCUT2D eigenvalue weighted by Gasteiger charge is -2.31. The molecule has 0 unspecified atom stereocenters. The number of ether oxygens (including phenoxy) is 1. The maximum absolute atomic E-state index is 5.39. The highest BCUT2D eigenvalue weighted by molar-refractivity contribution is 5.25. The van der Waals surface area contributed by atoms with Crippen LogP contribution in [0.2, 0.25) is 0 Å². The molecule has 2 aromatic heterocycles. The molecule has 0 aliphatic carbocycles. The third kappa shape index (κ3) is 3.14. The fourth-order valence-corrected chi connectivity index (χ4v) is 3.01. The Kier molecular flexibility index (Phi) is 4.31. The number of nitrogens with zero attached hydrogens (tertiary/aromatic N) is 4. The molecule has 0 radical (unpaired) electrons. The zero-order valence-electron chi connectivity index (χ0n) is 12.7. The first-order valence-corrected chi connectivity index (χ1v) is 7.46. The SMILES string of the molecule is CCn1cc2c(n1)[C@H](COC)CN(Cc1cccnc1)C2. The quantitative estimate of drug-likeness (QED) is 0.843. The van der Waals surface area contributed by atoms with E-state index in [1.807, 2.05) is 23.1 Å². The van der Waals surface area contributed by atoms with Gasteiger partial charge in [-0.25, -0.2) is 0 Å². The maximum Gasteiger partial charge on any atom is 0.0736 e. The molecule has 2 aromatic rings. The van der Waals surface area contributed by atoms with Crippen LogP contribution >= 0.6 is 0 Å². The Morgan fingerprint density at radius 2 is 2.33 bits per heavy atom. The standard InChI is InChI=1S/C16H22N4O/c1-3-20-11-14-9-19(8-13-5-4-6-17-7-13)10-15(12-21-2)16(14)18-20/h4-7,11,15H,3,8-10,12H2,1-2H3/t15-/m0/s1. The maximum atomic E-state index is 5.39. The normalized spacial score (nSPS) is 18.7. The second-order valence-electron chi connectivity index (χ2n) is 5.58. The van der Waals surface area contributed by atoms with Gasteiger partial charge in [0, 0.05) is 63.4 Å². The van der Waals surface area contributed by atoms with Crippen LogP contribution in [0.15, 0.2) is 30.7 Å². The van der Waals surface area contributed by atoms with Crippen molar-refractivity contribution in [2.75, 3.05) is 20.3 Å². The zero-order valence-corrected chi connectivity index (χ0v) is 12.7. The van der Waals surface area contributed by atoms with E-state index in [9.17, 15) is 0 Å². The number of hydrogen-bond donors (Lipinski definition) is 0. The summed E-state index contributed by atoms with van der Waals surface area (Å²) in [5, 5.41) is 4.71. The van der Waals surface area contributed by atoms with Crippen LogP contribution in [0.4, 0.5) is 0 Å². The minimum atomic E-state index is 0.350. The van der Waals surface area contributed by atoms with Crippen LogP contribution in [0.3, 0.4) is 0 Å². The summed E-state index contributed by atoms with van der Waals surface area (Å²) in [6, 6.07) is 4.12. The van der Waals surface area contributed by atoms with Crippen molar-refractivity contribution < 1.29 is 4.74 Å². The lowest BCUT2D eigenvalue weighted by atomic mass is 9.97. The number of aromatic nitrogens is 3.